The molecular formula is C16H14N4. The Bertz CT molecular complexity index is 636. The number of benzene rings is 1. The largest absolute Gasteiger partial charge is 0.258 e. The standard InChI is InChI=1S/C16H14N4/c1-11-3-8-15(20-19-11)13-4-6-14(7-5-13)16-10-17-12(2)9-18-16/h3-10H,1-2H3. The Morgan fingerprint density at radius 1 is 0.600 bits per heavy atom. The number of aryl methyl sites for hydroxylation is 2. The van der Waals surface area contributed by atoms with E-state index in [1.807, 2.05) is 50.2 Å². The van der Waals surface area contributed by atoms with Crippen LogP contribution >= 0.6 is 0 Å². The number of nitrogens with zero attached hydrogens (tertiary/aromatic N) is 4. The molecule has 0 saturated carbocycles. The van der Waals surface area contributed by atoms with E-state index in [1.165, 1.54) is 0 Å². The van der Waals surface area contributed by atoms with Gasteiger partial charge in [0, 0.05) is 17.3 Å². The Balaban J connectivity index is 1.91. The summed E-state index contributed by atoms with van der Waals surface area (Å²) in [6.45, 7) is 3.85. The lowest BCUT2D eigenvalue weighted by Gasteiger charge is -2.03. The predicted octanol–water partition coefficient (Wildman–Crippen LogP) is 3.22. The molecule has 20 heavy (non-hydrogen) atoms. The second kappa shape index (κ2) is 5.17. The smallest absolute Gasteiger partial charge is 0.0929 e. The number of rotatable bonds is 2. The van der Waals surface area contributed by atoms with Gasteiger partial charge >= 0.3 is 0 Å². The van der Waals surface area contributed by atoms with Crippen molar-refractivity contribution in [2.24, 2.45) is 0 Å². The topological polar surface area (TPSA) is 51.6 Å². The molecule has 0 aliphatic heterocycles. The third-order valence-corrected chi connectivity index (χ3v) is 3.06. The summed E-state index contributed by atoms with van der Waals surface area (Å²) in [5.41, 5.74) is 5.66. The van der Waals surface area contributed by atoms with Crippen molar-refractivity contribution in [1.82, 2.24) is 20.2 Å². The van der Waals surface area contributed by atoms with Gasteiger partial charge in [0.2, 0.25) is 0 Å². The maximum atomic E-state index is 4.37. The van der Waals surface area contributed by atoms with Gasteiger partial charge in [0.25, 0.3) is 0 Å². The minimum Gasteiger partial charge on any atom is -0.258 e. The zero-order valence-electron chi connectivity index (χ0n) is 11.4. The predicted molar refractivity (Wildman–Crippen MR) is 78.0 cm³/mol. The van der Waals surface area contributed by atoms with E-state index in [0.717, 1.165) is 33.9 Å². The molecule has 0 aliphatic rings. The molecule has 98 valence electrons. The molecule has 2 aromatic heterocycles. The minimum absolute atomic E-state index is 0.872. The molecule has 0 unspecified atom stereocenters. The lowest BCUT2D eigenvalue weighted by molar-refractivity contribution is 0.987. The summed E-state index contributed by atoms with van der Waals surface area (Å²) < 4.78 is 0. The summed E-state index contributed by atoms with van der Waals surface area (Å²) >= 11 is 0. The Morgan fingerprint density at radius 2 is 1.30 bits per heavy atom. The fourth-order valence-electron chi connectivity index (χ4n) is 1.91. The summed E-state index contributed by atoms with van der Waals surface area (Å²) in [7, 11) is 0. The van der Waals surface area contributed by atoms with Gasteiger partial charge in [0.15, 0.2) is 0 Å². The first-order valence-electron chi connectivity index (χ1n) is 6.42. The summed E-state index contributed by atoms with van der Waals surface area (Å²) in [4.78, 5) is 8.63. The normalized spacial score (nSPS) is 10.5. The van der Waals surface area contributed by atoms with E-state index in [4.69, 9.17) is 0 Å². The maximum absolute atomic E-state index is 4.37. The number of hydrogen-bond donors (Lipinski definition) is 0. The van der Waals surface area contributed by atoms with Crippen molar-refractivity contribution in [3.8, 4) is 22.5 Å². The van der Waals surface area contributed by atoms with E-state index in [1.54, 1.807) is 12.4 Å². The van der Waals surface area contributed by atoms with E-state index in [9.17, 15) is 0 Å². The van der Waals surface area contributed by atoms with E-state index in [0.29, 0.717) is 0 Å². The van der Waals surface area contributed by atoms with Crippen LogP contribution in [0.1, 0.15) is 11.4 Å². The van der Waals surface area contributed by atoms with Crippen molar-refractivity contribution < 1.29 is 0 Å². The van der Waals surface area contributed by atoms with Crippen LogP contribution < -0.4 is 0 Å². The molecule has 0 atom stereocenters. The van der Waals surface area contributed by atoms with Gasteiger partial charge < -0.3 is 0 Å². The quantitative estimate of drug-likeness (QED) is 0.711. The first kappa shape index (κ1) is 12.4. The second-order valence-corrected chi connectivity index (χ2v) is 4.68. The number of aromatic nitrogens is 4. The first-order chi connectivity index (χ1) is 9.72. The van der Waals surface area contributed by atoms with Crippen molar-refractivity contribution >= 4 is 0 Å². The van der Waals surface area contributed by atoms with Gasteiger partial charge in [0.1, 0.15) is 0 Å². The molecule has 2 heterocycles. The van der Waals surface area contributed by atoms with Gasteiger partial charge in [-0.1, -0.05) is 24.3 Å². The monoisotopic (exact) mass is 262 g/mol. The van der Waals surface area contributed by atoms with Crippen molar-refractivity contribution in [1.29, 1.82) is 0 Å². The zero-order valence-corrected chi connectivity index (χ0v) is 11.4. The van der Waals surface area contributed by atoms with Gasteiger partial charge in [-0.05, 0) is 26.0 Å². The van der Waals surface area contributed by atoms with E-state index in [2.05, 4.69) is 20.2 Å². The van der Waals surface area contributed by atoms with Crippen LogP contribution in [0.4, 0.5) is 0 Å². The molecule has 0 saturated heterocycles. The fraction of sp³-hybridized carbons (Fsp3) is 0.125. The third-order valence-electron chi connectivity index (χ3n) is 3.06. The molecule has 1 aromatic carbocycles. The molecule has 3 rings (SSSR count). The fourth-order valence-corrected chi connectivity index (χ4v) is 1.91. The van der Waals surface area contributed by atoms with Crippen LogP contribution in [0.15, 0.2) is 48.8 Å². The maximum Gasteiger partial charge on any atom is 0.0929 e. The number of hydrogen-bond acceptors (Lipinski definition) is 4. The summed E-state index contributed by atoms with van der Waals surface area (Å²) in [5.74, 6) is 0. The molecule has 0 fully saturated rings. The van der Waals surface area contributed by atoms with Gasteiger partial charge in [-0.2, -0.15) is 10.2 Å². The highest BCUT2D eigenvalue weighted by Gasteiger charge is 2.03. The molecule has 0 aliphatic carbocycles. The van der Waals surface area contributed by atoms with E-state index in [-0.39, 0.29) is 0 Å². The minimum atomic E-state index is 0.872. The highest BCUT2D eigenvalue weighted by molar-refractivity contribution is 5.65. The van der Waals surface area contributed by atoms with Gasteiger partial charge in [-0.15, -0.1) is 0 Å². The van der Waals surface area contributed by atoms with Crippen molar-refractivity contribution in [3.05, 3.63) is 60.2 Å². The first-order valence-corrected chi connectivity index (χ1v) is 6.42. The molecule has 0 bridgehead atoms. The lowest BCUT2D eigenvalue weighted by Crippen LogP contribution is -1.90. The Hall–Kier alpha value is -2.62. The van der Waals surface area contributed by atoms with Crippen LogP contribution in [-0.2, 0) is 0 Å². The molecular weight excluding hydrogens is 248 g/mol. The molecule has 0 amide bonds. The van der Waals surface area contributed by atoms with Gasteiger partial charge in [-0.3, -0.25) is 9.97 Å². The molecule has 4 nitrogen and oxygen atoms in total. The van der Waals surface area contributed by atoms with Crippen molar-refractivity contribution in [2.75, 3.05) is 0 Å². The van der Waals surface area contributed by atoms with Gasteiger partial charge in [-0.25, -0.2) is 0 Å². The second-order valence-electron chi connectivity index (χ2n) is 4.68. The third kappa shape index (κ3) is 2.54. The zero-order chi connectivity index (χ0) is 13.9. The highest BCUT2D eigenvalue weighted by Crippen LogP contribution is 2.21. The summed E-state index contributed by atoms with van der Waals surface area (Å²) in [6.07, 6.45) is 3.56. The van der Waals surface area contributed by atoms with Gasteiger partial charge in [0.05, 0.1) is 29.0 Å². The Labute approximate surface area is 117 Å². The molecule has 3 aromatic rings. The highest BCUT2D eigenvalue weighted by atomic mass is 15.1. The summed E-state index contributed by atoms with van der Waals surface area (Å²) in [6, 6.07) is 12.0. The van der Waals surface area contributed by atoms with Crippen LogP contribution in [0.5, 0.6) is 0 Å². The molecule has 4 heteroatoms. The van der Waals surface area contributed by atoms with Crippen molar-refractivity contribution in [2.45, 2.75) is 13.8 Å². The van der Waals surface area contributed by atoms with E-state index >= 15 is 0 Å². The summed E-state index contributed by atoms with van der Waals surface area (Å²) in [5, 5.41) is 8.26. The SMILES string of the molecule is Cc1cnc(-c2ccc(-c3ccc(C)nn3)cc2)cn1. The average molecular weight is 262 g/mol. The van der Waals surface area contributed by atoms with Crippen LogP contribution in [0.3, 0.4) is 0 Å². The molecule has 0 radical (unpaired) electrons. The molecule has 0 N–H and O–H groups in total. The Morgan fingerprint density at radius 3 is 1.85 bits per heavy atom. The average Bonchev–Trinajstić information content (AvgIpc) is 2.49. The van der Waals surface area contributed by atoms with Crippen LogP contribution in [0, 0.1) is 13.8 Å². The van der Waals surface area contributed by atoms with Crippen LogP contribution in [0.2, 0.25) is 0 Å². The van der Waals surface area contributed by atoms with Crippen LogP contribution in [0.25, 0.3) is 22.5 Å². The lowest BCUT2D eigenvalue weighted by atomic mass is 10.1. The van der Waals surface area contributed by atoms with Crippen LogP contribution in [-0.4, -0.2) is 20.2 Å². The van der Waals surface area contributed by atoms with Crippen molar-refractivity contribution in [3.63, 3.8) is 0 Å². The Kier molecular flexibility index (Phi) is 3.21. The molecule has 0 spiro atoms. The van der Waals surface area contributed by atoms with E-state index < -0.39 is 0 Å².